The van der Waals surface area contributed by atoms with Gasteiger partial charge in [-0.15, -0.1) is 11.3 Å². The Morgan fingerprint density at radius 3 is 2.55 bits per heavy atom. The van der Waals surface area contributed by atoms with Gasteiger partial charge in [0.05, 0.1) is 13.1 Å². The summed E-state index contributed by atoms with van der Waals surface area (Å²) in [4.78, 5) is 12.0. The molecule has 0 saturated carbocycles. The van der Waals surface area contributed by atoms with E-state index < -0.39 is 5.82 Å². The van der Waals surface area contributed by atoms with Crippen LogP contribution in [-0.2, 0) is 0 Å². The lowest BCUT2D eigenvalue weighted by Gasteiger charge is -2.07. The van der Waals surface area contributed by atoms with E-state index in [9.17, 15) is 9.18 Å². The Balaban J connectivity index is 2.26. The maximum absolute atomic E-state index is 13.5. The van der Waals surface area contributed by atoms with E-state index in [0.29, 0.717) is 15.0 Å². The van der Waals surface area contributed by atoms with E-state index in [0.717, 1.165) is 3.79 Å². The summed E-state index contributed by atoms with van der Waals surface area (Å²) in [6, 6.07) is 5.76. The predicted octanol–water partition coefficient (Wildman–Crippen LogP) is 4.30. The van der Waals surface area contributed by atoms with Crippen LogP contribution < -0.4 is 11.1 Å². The van der Waals surface area contributed by atoms with Crippen molar-refractivity contribution in [1.29, 1.82) is 0 Å². The molecule has 1 aromatic heterocycles. The molecule has 3 nitrogen and oxygen atoms in total. The second kappa shape index (κ2) is 6.30. The highest BCUT2D eigenvalue weighted by molar-refractivity contribution is 9.12. The Morgan fingerprint density at radius 2 is 2.00 bits per heavy atom. The average molecular weight is 438 g/mol. The van der Waals surface area contributed by atoms with Crippen LogP contribution in [-0.4, -0.2) is 10.9 Å². The molecule has 2 aromatic rings. The molecule has 104 valence electrons. The summed E-state index contributed by atoms with van der Waals surface area (Å²) in [5.74, 6) is -0.825. The number of hydrogen-bond acceptors (Lipinski definition) is 3. The molecule has 2 rings (SSSR count). The number of hydrogen-bond donors (Lipinski definition) is 2. The van der Waals surface area contributed by atoms with Crippen molar-refractivity contribution in [2.45, 2.75) is 0 Å². The fourth-order valence-electron chi connectivity index (χ4n) is 1.49. The molecule has 0 aliphatic carbocycles. The molecule has 1 amide bonds. The van der Waals surface area contributed by atoms with Crippen molar-refractivity contribution in [3.05, 3.63) is 48.8 Å². The zero-order valence-electron chi connectivity index (χ0n) is 9.75. The summed E-state index contributed by atoms with van der Waals surface area (Å²) in [5.41, 5.74) is 6.43. The number of thiophene rings is 1. The molecular weight excluding hydrogens is 431 g/mol. The Hall–Kier alpha value is -0.830. The van der Waals surface area contributed by atoms with Crippen molar-refractivity contribution in [3.8, 4) is 0 Å². The summed E-state index contributed by atoms with van der Waals surface area (Å²) >= 11 is 12.8. The van der Waals surface area contributed by atoms with E-state index in [4.69, 9.17) is 18.0 Å². The maximum Gasteiger partial charge on any atom is 0.257 e. The van der Waals surface area contributed by atoms with Crippen LogP contribution in [0, 0.1) is 5.82 Å². The van der Waals surface area contributed by atoms with Crippen molar-refractivity contribution < 1.29 is 9.18 Å². The number of carbonyl (C=O) groups is 1. The molecule has 0 unspecified atom stereocenters. The molecule has 0 bridgehead atoms. The molecular formula is C12H7Br2FN2OS2. The van der Waals surface area contributed by atoms with E-state index in [2.05, 4.69) is 37.2 Å². The Bertz CT molecular complexity index is 703. The Morgan fingerprint density at radius 1 is 1.30 bits per heavy atom. The molecule has 20 heavy (non-hydrogen) atoms. The van der Waals surface area contributed by atoms with Gasteiger partial charge in [-0.1, -0.05) is 12.2 Å². The monoisotopic (exact) mass is 436 g/mol. The Labute approximate surface area is 140 Å². The first kappa shape index (κ1) is 15.6. The highest BCUT2D eigenvalue weighted by atomic mass is 79.9. The molecule has 0 atom stereocenters. The van der Waals surface area contributed by atoms with E-state index in [-0.39, 0.29) is 16.5 Å². The zero-order chi connectivity index (χ0) is 14.9. The third kappa shape index (κ3) is 3.43. The number of rotatable bonds is 3. The van der Waals surface area contributed by atoms with Gasteiger partial charge in [0.2, 0.25) is 0 Å². The normalized spacial score (nSPS) is 10.3. The molecule has 0 saturated heterocycles. The number of halogens is 3. The van der Waals surface area contributed by atoms with Gasteiger partial charge in [-0.2, -0.15) is 0 Å². The minimum absolute atomic E-state index is 0.0574. The first-order chi connectivity index (χ1) is 9.38. The second-order valence-electron chi connectivity index (χ2n) is 3.75. The maximum atomic E-state index is 13.5. The van der Waals surface area contributed by atoms with Gasteiger partial charge in [-0.3, -0.25) is 4.79 Å². The third-order valence-electron chi connectivity index (χ3n) is 2.39. The van der Waals surface area contributed by atoms with Crippen LogP contribution in [0.15, 0.2) is 31.8 Å². The van der Waals surface area contributed by atoms with Gasteiger partial charge in [0.1, 0.15) is 10.8 Å². The van der Waals surface area contributed by atoms with Gasteiger partial charge in [0.15, 0.2) is 0 Å². The van der Waals surface area contributed by atoms with Crippen molar-refractivity contribution in [2.24, 2.45) is 5.73 Å². The number of amides is 1. The standard InChI is InChI=1S/C12H7Br2FN2OS2/c13-9-4-7(10(14)20-9)12(18)17-5-1-2-8(15)6(3-5)11(16)19/h1-4H,(H2,16,19)(H,17,18). The molecule has 0 aliphatic rings. The van der Waals surface area contributed by atoms with Gasteiger partial charge >= 0.3 is 0 Å². The minimum Gasteiger partial charge on any atom is -0.389 e. The largest absolute Gasteiger partial charge is 0.389 e. The third-order valence-corrected chi connectivity index (χ3v) is 4.95. The molecule has 0 radical (unpaired) electrons. The number of benzene rings is 1. The number of carbonyl (C=O) groups excluding carboxylic acids is 1. The van der Waals surface area contributed by atoms with E-state index >= 15 is 0 Å². The van der Waals surface area contributed by atoms with Gasteiger partial charge in [-0.25, -0.2) is 4.39 Å². The molecule has 0 fully saturated rings. The Kier molecular flexibility index (Phi) is 4.90. The number of anilines is 1. The number of nitrogens with two attached hydrogens (primary N) is 1. The predicted molar refractivity (Wildman–Crippen MR) is 90.0 cm³/mol. The van der Waals surface area contributed by atoms with Crippen LogP contribution in [0.3, 0.4) is 0 Å². The number of nitrogens with one attached hydrogen (secondary N) is 1. The molecule has 3 N–H and O–H groups in total. The summed E-state index contributed by atoms with van der Waals surface area (Å²) in [5, 5.41) is 2.67. The lowest BCUT2D eigenvalue weighted by molar-refractivity contribution is 0.102. The highest BCUT2D eigenvalue weighted by Crippen LogP contribution is 2.32. The lowest BCUT2D eigenvalue weighted by Crippen LogP contribution is -2.15. The van der Waals surface area contributed by atoms with Crippen molar-refractivity contribution >= 4 is 72.0 Å². The van der Waals surface area contributed by atoms with E-state index in [1.807, 2.05) is 0 Å². The van der Waals surface area contributed by atoms with Crippen molar-refractivity contribution in [1.82, 2.24) is 0 Å². The van der Waals surface area contributed by atoms with Gasteiger partial charge < -0.3 is 11.1 Å². The summed E-state index contributed by atoms with van der Waals surface area (Å²) < 4.78 is 15.0. The zero-order valence-corrected chi connectivity index (χ0v) is 14.6. The van der Waals surface area contributed by atoms with Crippen LogP contribution in [0.2, 0.25) is 0 Å². The van der Waals surface area contributed by atoms with Crippen LogP contribution in [0.1, 0.15) is 15.9 Å². The highest BCUT2D eigenvalue weighted by Gasteiger charge is 2.15. The van der Waals surface area contributed by atoms with Crippen LogP contribution in [0.4, 0.5) is 10.1 Å². The van der Waals surface area contributed by atoms with Crippen LogP contribution in [0.25, 0.3) is 0 Å². The average Bonchev–Trinajstić information content (AvgIpc) is 2.70. The van der Waals surface area contributed by atoms with Gasteiger partial charge in [0, 0.05) is 11.3 Å². The fourth-order valence-corrected chi connectivity index (χ4v) is 4.44. The lowest BCUT2D eigenvalue weighted by atomic mass is 10.2. The molecule has 1 aromatic carbocycles. The van der Waals surface area contributed by atoms with Crippen LogP contribution in [0.5, 0.6) is 0 Å². The SMILES string of the molecule is NC(=S)c1cc(NC(=O)c2cc(Br)sc2Br)ccc1F. The first-order valence-corrected chi connectivity index (χ1v) is 8.05. The van der Waals surface area contributed by atoms with Crippen LogP contribution >= 0.6 is 55.4 Å². The van der Waals surface area contributed by atoms with E-state index in [1.165, 1.54) is 29.5 Å². The minimum atomic E-state index is -0.519. The summed E-state index contributed by atoms with van der Waals surface area (Å²) in [7, 11) is 0. The summed E-state index contributed by atoms with van der Waals surface area (Å²) in [6.45, 7) is 0. The molecule has 1 heterocycles. The second-order valence-corrected chi connectivity index (χ2v) is 7.94. The van der Waals surface area contributed by atoms with Crippen molar-refractivity contribution in [2.75, 3.05) is 5.32 Å². The first-order valence-electron chi connectivity index (χ1n) is 5.24. The summed E-state index contributed by atoms with van der Waals surface area (Å²) in [6.07, 6.45) is 0. The molecule has 0 spiro atoms. The molecule has 0 aliphatic heterocycles. The topological polar surface area (TPSA) is 55.1 Å². The van der Waals surface area contributed by atoms with Crippen molar-refractivity contribution in [3.63, 3.8) is 0 Å². The smallest absolute Gasteiger partial charge is 0.257 e. The van der Waals surface area contributed by atoms with Gasteiger partial charge in [0.25, 0.3) is 5.91 Å². The quantitative estimate of drug-likeness (QED) is 0.704. The van der Waals surface area contributed by atoms with E-state index in [1.54, 1.807) is 6.07 Å². The molecule has 8 heteroatoms. The number of thiocarbonyl (C=S) groups is 1. The fraction of sp³-hybridized carbons (Fsp3) is 0. The van der Waals surface area contributed by atoms with Gasteiger partial charge in [-0.05, 0) is 56.1 Å².